The van der Waals surface area contributed by atoms with Crippen molar-refractivity contribution in [1.82, 2.24) is 5.32 Å². The first kappa shape index (κ1) is 32.8. The van der Waals surface area contributed by atoms with Crippen molar-refractivity contribution in [2.45, 2.75) is 110 Å². The zero-order valence-corrected chi connectivity index (χ0v) is 21.8. The number of quaternary nitrogens is 1. The second-order valence-electron chi connectivity index (χ2n) is 8.52. The number of hydrogen-bond acceptors (Lipinski definition) is 1. The van der Waals surface area contributed by atoms with Gasteiger partial charge in [0.05, 0.1) is 20.6 Å². The fraction of sp³-hybridized carbons (Fsp3) is 0.833. The summed E-state index contributed by atoms with van der Waals surface area (Å²) in [5.74, 6) is 0. The molecular formula is C24H50BrClN2. The van der Waals surface area contributed by atoms with Gasteiger partial charge in [0, 0.05) is 12.5 Å². The lowest BCUT2D eigenvalue weighted by molar-refractivity contribution is -0.919. The molecule has 2 nitrogen and oxygen atoms in total. The average molecular weight is 482 g/mol. The van der Waals surface area contributed by atoms with E-state index in [1.165, 1.54) is 70.8 Å². The van der Waals surface area contributed by atoms with Crippen molar-refractivity contribution < 1.29 is 21.5 Å². The van der Waals surface area contributed by atoms with E-state index in [0.717, 1.165) is 23.7 Å². The molecule has 0 fully saturated rings. The molecule has 0 amide bonds. The molecule has 0 aromatic rings. The van der Waals surface area contributed by atoms with Gasteiger partial charge in [0.1, 0.15) is 6.17 Å². The Hall–Kier alpha value is 0.170. The van der Waals surface area contributed by atoms with E-state index in [1.807, 2.05) is 12.2 Å². The maximum absolute atomic E-state index is 3.90. The Morgan fingerprint density at radius 3 is 1.61 bits per heavy atom. The van der Waals surface area contributed by atoms with Crippen LogP contribution in [0.2, 0.25) is 0 Å². The zero-order valence-electron chi connectivity index (χ0n) is 19.4. The van der Waals surface area contributed by atoms with Crippen molar-refractivity contribution in [3.05, 3.63) is 25.3 Å². The predicted octanol–water partition coefficient (Wildman–Crippen LogP) is 4.26. The summed E-state index contributed by atoms with van der Waals surface area (Å²) in [7, 11) is 4.77. The molecule has 1 unspecified atom stereocenters. The van der Waals surface area contributed by atoms with Gasteiger partial charge in [0.15, 0.2) is 0 Å². The van der Waals surface area contributed by atoms with Gasteiger partial charge in [-0.2, -0.15) is 0 Å². The highest BCUT2D eigenvalue weighted by molar-refractivity contribution is 5.85. The lowest BCUT2D eigenvalue weighted by Gasteiger charge is -2.40. The average Bonchev–Trinajstić information content (AvgIpc) is 2.61. The van der Waals surface area contributed by atoms with Crippen LogP contribution in [0.5, 0.6) is 0 Å². The van der Waals surface area contributed by atoms with Crippen LogP contribution in [0.15, 0.2) is 25.3 Å². The molecule has 0 bridgehead atoms. The fourth-order valence-electron chi connectivity index (χ4n) is 3.88. The van der Waals surface area contributed by atoms with Crippen molar-refractivity contribution >= 4 is 12.4 Å². The van der Waals surface area contributed by atoms with Crippen LogP contribution in [0.4, 0.5) is 0 Å². The summed E-state index contributed by atoms with van der Waals surface area (Å²) in [5, 5.41) is 3.86. The topological polar surface area (TPSA) is 12.0 Å². The normalized spacial score (nSPS) is 12.2. The molecule has 0 aliphatic rings. The van der Waals surface area contributed by atoms with Crippen LogP contribution in [0.25, 0.3) is 0 Å². The first-order valence-corrected chi connectivity index (χ1v) is 11.3. The minimum atomic E-state index is 0. The molecule has 4 heteroatoms. The maximum atomic E-state index is 3.90. The van der Waals surface area contributed by atoms with Crippen LogP contribution in [-0.2, 0) is 0 Å². The third kappa shape index (κ3) is 17.1. The summed E-state index contributed by atoms with van der Waals surface area (Å²) in [5.41, 5.74) is 0. The van der Waals surface area contributed by atoms with Crippen LogP contribution in [-0.4, -0.2) is 37.3 Å². The van der Waals surface area contributed by atoms with E-state index in [1.54, 1.807) is 0 Å². The maximum Gasteiger partial charge on any atom is 0.142 e. The highest BCUT2D eigenvalue weighted by Gasteiger charge is 2.27. The van der Waals surface area contributed by atoms with E-state index in [4.69, 9.17) is 0 Å². The SMILES string of the molecule is C=CCC(CC=C)NC(CC)[N+](C)(C)CCCCCCCCCCCC.Cl.[Br-]. The summed E-state index contributed by atoms with van der Waals surface area (Å²) in [6.45, 7) is 13.7. The van der Waals surface area contributed by atoms with Crippen molar-refractivity contribution in [2.75, 3.05) is 20.6 Å². The van der Waals surface area contributed by atoms with Gasteiger partial charge in [-0.05, 0) is 25.7 Å². The molecule has 0 aliphatic carbocycles. The van der Waals surface area contributed by atoms with Gasteiger partial charge < -0.3 is 21.5 Å². The first-order chi connectivity index (χ1) is 12.5. The van der Waals surface area contributed by atoms with Crippen molar-refractivity contribution in [1.29, 1.82) is 0 Å². The van der Waals surface area contributed by atoms with E-state index >= 15 is 0 Å². The number of hydrogen-bond donors (Lipinski definition) is 1. The lowest BCUT2D eigenvalue weighted by atomic mass is 10.1. The molecule has 28 heavy (non-hydrogen) atoms. The molecule has 170 valence electrons. The molecule has 0 heterocycles. The Balaban J connectivity index is -0.00000312. The second kappa shape index (κ2) is 21.9. The fourth-order valence-corrected chi connectivity index (χ4v) is 3.88. The molecule has 0 saturated heterocycles. The third-order valence-electron chi connectivity index (χ3n) is 5.65. The monoisotopic (exact) mass is 480 g/mol. The number of nitrogens with one attached hydrogen (secondary N) is 1. The van der Waals surface area contributed by atoms with E-state index < -0.39 is 0 Å². The Kier molecular flexibility index (Phi) is 25.6. The van der Waals surface area contributed by atoms with Gasteiger partial charge in [-0.25, -0.2) is 0 Å². The second-order valence-corrected chi connectivity index (χ2v) is 8.52. The van der Waals surface area contributed by atoms with Crippen LogP contribution < -0.4 is 22.3 Å². The highest BCUT2D eigenvalue weighted by atomic mass is 79.9. The Morgan fingerprint density at radius 2 is 1.21 bits per heavy atom. The summed E-state index contributed by atoms with van der Waals surface area (Å²) < 4.78 is 1.07. The number of unbranched alkanes of at least 4 members (excludes halogenated alkanes) is 9. The van der Waals surface area contributed by atoms with Crippen LogP contribution >= 0.6 is 12.4 Å². The molecule has 0 aromatic heterocycles. The van der Waals surface area contributed by atoms with E-state index in [2.05, 4.69) is 46.4 Å². The van der Waals surface area contributed by atoms with Gasteiger partial charge in [-0.3, -0.25) is 5.32 Å². The Bertz CT molecular complexity index is 337. The standard InChI is InChI=1S/C24H49N2.BrH.ClH/c1-7-11-12-13-14-15-16-17-18-19-22-26(5,6)24(10-4)25-23(20-8-2)21-9-3;;/h8-9,23-25H,2-3,7,10-22H2,1,4-6H3;2*1H/q+1;;/p-1. The molecule has 0 aliphatic heterocycles. The van der Waals surface area contributed by atoms with Crippen LogP contribution in [0.1, 0.15) is 97.3 Å². The predicted molar refractivity (Wildman–Crippen MR) is 127 cm³/mol. The van der Waals surface area contributed by atoms with Crippen molar-refractivity contribution in [3.8, 4) is 0 Å². The number of rotatable bonds is 19. The van der Waals surface area contributed by atoms with Gasteiger partial charge in [-0.15, -0.1) is 25.6 Å². The van der Waals surface area contributed by atoms with E-state index in [0.29, 0.717) is 12.2 Å². The van der Waals surface area contributed by atoms with Gasteiger partial charge in [-0.1, -0.05) is 77.4 Å². The summed E-state index contributed by atoms with van der Waals surface area (Å²) in [6.07, 6.45) is 21.8. The molecule has 0 aromatic carbocycles. The highest BCUT2D eigenvalue weighted by Crippen LogP contribution is 2.15. The summed E-state index contributed by atoms with van der Waals surface area (Å²) in [6, 6.07) is 0.472. The number of nitrogens with zero attached hydrogens (tertiary/aromatic N) is 1. The minimum Gasteiger partial charge on any atom is -1.00 e. The van der Waals surface area contributed by atoms with Crippen LogP contribution in [0, 0.1) is 0 Å². The molecule has 1 atom stereocenters. The molecule has 1 N–H and O–H groups in total. The summed E-state index contributed by atoms with van der Waals surface area (Å²) >= 11 is 0. The largest absolute Gasteiger partial charge is 1.00 e. The lowest BCUT2D eigenvalue weighted by Crippen LogP contribution is -3.00. The van der Waals surface area contributed by atoms with Crippen molar-refractivity contribution in [3.63, 3.8) is 0 Å². The zero-order chi connectivity index (χ0) is 19.7. The minimum absolute atomic E-state index is 0. The first-order valence-electron chi connectivity index (χ1n) is 11.3. The van der Waals surface area contributed by atoms with E-state index in [-0.39, 0.29) is 29.4 Å². The molecule has 0 rings (SSSR count). The molecule has 0 spiro atoms. The third-order valence-corrected chi connectivity index (χ3v) is 5.65. The van der Waals surface area contributed by atoms with Crippen LogP contribution in [0.3, 0.4) is 0 Å². The quantitative estimate of drug-likeness (QED) is 0.126. The Labute approximate surface area is 194 Å². The van der Waals surface area contributed by atoms with Gasteiger partial charge >= 0.3 is 0 Å². The molecular weight excluding hydrogens is 432 g/mol. The van der Waals surface area contributed by atoms with Gasteiger partial charge in [0.2, 0.25) is 0 Å². The number of halogens is 2. The molecule has 0 saturated carbocycles. The molecule has 0 radical (unpaired) electrons. The van der Waals surface area contributed by atoms with Gasteiger partial charge in [0.25, 0.3) is 0 Å². The van der Waals surface area contributed by atoms with E-state index in [9.17, 15) is 0 Å². The van der Waals surface area contributed by atoms with Crippen molar-refractivity contribution in [2.24, 2.45) is 0 Å². The smallest absolute Gasteiger partial charge is 0.142 e. The Morgan fingerprint density at radius 1 is 0.786 bits per heavy atom. The summed E-state index contributed by atoms with van der Waals surface area (Å²) in [4.78, 5) is 0.